The molecule has 0 spiro atoms. The fourth-order valence-electron chi connectivity index (χ4n) is 14.0. The zero-order valence-electron chi connectivity index (χ0n) is 53.1. The predicted molar refractivity (Wildman–Crippen MR) is 409 cm³/mol. The number of rotatable bonds is 16. The smallest absolute Gasteiger partial charge is 0.0462 e. The van der Waals surface area contributed by atoms with Gasteiger partial charge in [0.2, 0.25) is 0 Å². The minimum Gasteiger partial charge on any atom is -0.311 e. The lowest BCUT2D eigenvalue weighted by molar-refractivity contribution is 0.977. The third-order valence-corrected chi connectivity index (χ3v) is 18.8. The van der Waals surface area contributed by atoms with Gasteiger partial charge in [0.05, 0.1) is 0 Å². The number of benzene rings is 16. The van der Waals surface area contributed by atoms with Crippen LogP contribution in [0.3, 0.4) is 0 Å². The van der Waals surface area contributed by atoms with Gasteiger partial charge in [0.1, 0.15) is 0 Å². The van der Waals surface area contributed by atoms with E-state index in [9.17, 15) is 0 Å². The van der Waals surface area contributed by atoms with Crippen LogP contribution in [0, 0.1) is 0 Å². The molecule has 0 N–H and O–H groups in total. The van der Waals surface area contributed by atoms with Crippen LogP contribution in [0.4, 0.5) is 17.1 Å². The molecule has 0 aliphatic rings. The third kappa shape index (κ3) is 12.1. The first-order valence-electron chi connectivity index (χ1n) is 33.1. The van der Waals surface area contributed by atoms with Gasteiger partial charge in [0, 0.05) is 23.0 Å². The van der Waals surface area contributed by atoms with Crippen molar-refractivity contribution in [3.05, 3.63) is 438 Å². The second kappa shape index (κ2) is 26.7. The molecule has 1 heteroatoms. The average molecular weight is 1220 g/mol. The summed E-state index contributed by atoms with van der Waals surface area (Å²) in [5.41, 5.74) is 26.1. The molecular formula is C95H67N. The van der Waals surface area contributed by atoms with Crippen LogP contribution in [0.15, 0.2) is 388 Å². The van der Waals surface area contributed by atoms with E-state index in [1.165, 1.54) is 127 Å². The first-order valence-corrected chi connectivity index (χ1v) is 33.1. The van der Waals surface area contributed by atoms with Crippen molar-refractivity contribution in [2.75, 3.05) is 4.90 Å². The van der Waals surface area contributed by atoms with E-state index in [2.05, 4.69) is 405 Å². The molecule has 0 aliphatic heterocycles. The highest BCUT2D eigenvalue weighted by atomic mass is 15.1. The molecule has 0 saturated carbocycles. The van der Waals surface area contributed by atoms with Crippen LogP contribution < -0.4 is 4.90 Å². The van der Waals surface area contributed by atoms with Crippen molar-refractivity contribution >= 4 is 72.7 Å². The Kier molecular flexibility index (Phi) is 16.3. The highest BCUT2D eigenvalue weighted by molar-refractivity contribution is 6.24. The van der Waals surface area contributed by atoms with Gasteiger partial charge in [0.25, 0.3) is 0 Å². The van der Waals surface area contributed by atoms with Crippen molar-refractivity contribution in [2.24, 2.45) is 0 Å². The van der Waals surface area contributed by atoms with Crippen LogP contribution in [0.2, 0.25) is 0 Å². The summed E-state index contributed by atoms with van der Waals surface area (Å²) in [5, 5.41) is 7.46. The number of hydrogen-bond donors (Lipinski definition) is 0. The Bertz CT molecular complexity index is 4970. The van der Waals surface area contributed by atoms with Gasteiger partial charge in [-0.15, -0.1) is 0 Å². The molecule has 16 aromatic rings. The molecule has 0 bridgehead atoms. The molecule has 1 atom stereocenters. The van der Waals surface area contributed by atoms with Crippen LogP contribution in [-0.4, -0.2) is 0 Å². The van der Waals surface area contributed by atoms with E-state index >= 15 is 0 Å². The highest BCUT2D eigenvalue weighted by Crippen LogP contribution is 2.44. The van der Waals surface area contributed by atoms with Gasteiger partial charge in [-0.1, -0.05) is 340 Å². The molecule has 0 saturated heterocycles. The summed E-state index contributed by atoms with van der Waals surface area (Å²) in [6, 6.07) is 141. The first kappa shape index (κ1) is 58.7. The van der Waals surface area contributed by atoms with E-state index in [4.69, 9.17) is 0 Å². The van der Waals surface area contributed by atoms with Crippen LogP contribution in [0.1, 0.15) is 56.0 Å². The number of nitrogens with zero attached hydrogens (tertiary/aromatic N) is 1. The fraction of sp³-hybridized carbons (Fsp3) is 0.0105. The molecule has 452 valence electrons. The van der Waals surface area contributed by atoms with Crippen molar-refractivity contribution in [3.63, 3.8) is 0 Å². The lowest BCUT2D eigenvalue weighted by Gasteiger charge is -2.26. The topological polar surface area (TPSA) is 3.24 Å². The van der Waals surface area contributed by atoms with Gasteiger partial charge < -0.3 is 4.90 Å². The molecule has 0 heterocycles. The molecule has 1 nitrogen and oxygen atoms in total. The lowest BCUT2D eigenvalue weighted by atomic mass is 9.84. The Balaban J connectivity index is 0.661. The fourth-order valence-corrected chi connectivity index (χ4v) is 14.0. The lowest BCUT2D eigenvalue weighted by Crippen LogP contribution is -2.09. The minimum absolute atomic E-state index is 0.0758. The van der Waals surface area contributed by atoms with E-state index in [0.29, 0.717) is 0 Å². The van der Waals surface area contributed by atoms with Crippen molar-refractivity contribution in [1.29, 1.82) is 0 Å². The summed E-state index contributed by atoms with van der Waals surface area (Å²) in [6.45, 7) is 0. The summed E-state index contributed by atoms with van der Waals surface area (Å²) < 4.78 is 0. The van der Waals surface area contributed by atoms with E-state index in [1.807, 2.05) is 0 Å². The predicted octanol–water partition coefficient (Wildman–Crippen LogP) is 25.6. The van der Waals surface area contributed by atoms with Crippen molar-refractivity contribution < 1.29 is 0 Å². The zero-order valence-corrected chi connectivity index (χ0v) is 53.1. The van der Waals surface area contributed by atoms with Crippen LogP contribution in [0.25, 0.3) is 100 Å². The second-order valence-electron chi connectivity index (χ2n) is 24.7. The summed E-state index contributed by atoms with van der Waals surface area (Å²) in [5.74, 6) is 0.0758. The maximum absolute atomic E-state index is 2.43. The molecule has 0 aliphatic carbocycles. The molecule has 0 amide bonds. The SMILES string of the molecule is C(=C(c1ccccc1)c1ccccc1)c1ccc(C(c2ccccc2)c2ccc(-c3ccc(-c4cc5c6ccccc6c(-c6ccc(-c7ccc(N(c8ccccc8)c8ccc(C=C(c9ccccc9)c9ccccc9)cc8)cc7)cc6)cc5c5ccccc45)cc3)cc2)cc1. The Labute approximate surface area is 562 Å². The van der Waals surface area contributed by atoms with E-state index in [-0.39, 0.29) is 5.92 Å². The van der Waals surface area contributed by atoms with Gasteiger partial charge in [-0.3, -0.25) is 0 Å². The van der Waals surface area contributed by atoms with Gasteiger partial charge in [-0.2, -0.15) is 0 Å². The zero-order chi connectivity index (χ0) is 64.0. The number of anilines is 3. The molecule has 0 aromatic heterocycles. The van der Waals surface area contributed by atoms with Crippen molar-refractivity contribution in [3.8, 4) is 44.5 Å². The number of fused-ring (bicyclic) bond motifs is 5. The Morgan fingerprint density at radius 1 is 0.208 bits per heavy atom. The normalized spacial score (nSPS) is 11.5. The summed E-state index contributed by atoms with van der Waals surface area (Å²) in [4.78, 5) is 2.33. The quantitative estimate of drug-likeness (QED) is 0.0529. The number of para-hydroxylation sites is 1. The van der Waals surface area contributed by atoms with Gasteiger partial charge in [-0.05, 0) is 199 Å². The molecular weight excluding hydrogens is 1160 g/mol. The second-order valence-corrected chi connectivity index (χ2v) is 24.7. The molecule has 16 rings (SSSR count). The van der Waals surface area contributed by atoms with Gasteiger partial charge in [-0.25, -0.2) is 0 Å². The van der Waals surface area contributed by atoms with Crippen LogP contribution in [-0.2, 0) is 0 Å². The molecule has 16 aromatic carbocycles. The average Bonchev–Trinajstić information content (AvgIpc) is 0.771. The first-order chi connectivity index (χ1) is 47.6. The van der Waals surface area contributed by atoms with Crippen LogP contribution >= 0.6 is 0 Å². The van der Waals surface area contributed by atoms with E-state index in [0.717, 1.165) is 28.2 Å². The molecule has 0 fully saturated rings. The van der Waals surface area contributed by atoms with Crippen LogP contribution in [0.5, 0.6) is 0 Å². The summed E-state index contributed by atoms with van der Waals surface area (Å²) in [6.07, 6.45) is 4.60. The molecule has 0 radical (unpaired) electrons. The van der Waals surface area contributed by atoms with E-state index in [1.54, 1.807) is 0 Å². The number of hydrogen-bond acceptors (Lipinski definition) is 1. The Morgan fingerprint density at radius 2 is 0.469 bits per heavy atom. The monoisotopic (exact) mass is 1220 g/mol. The van der Waals surface area contributed by atoms with Crippen molar-refractivity contribution in [1.82, 2.24) is 0 Å². The highest BCUT2D eigenvalue weighted by Gasteiger charge is 2.20. The minimum atomic E-state index is 0.0758. The Morgan fingerprint density at radius 3 is 0.854 bits per heavy atom. The van der Waals surface area contributed by atoms with Gasteiger partial charge in [0.15, 0.2) is 0 Å². The maximum atomic E-state index is 2.43. The molecule has 1 unspecified atom stereocenters. The summed E-state index contributed by atoms with van der Waals surface area (Å²) >= 11 is 0. The Hall–Kier alpha value is -12.4. The maximum Gasteiger partial charge on any atom is 0.0462 e. The largest absolute Gasteiger partial charge is 0.311 e. The standard InChI is InChI=1S/C95H67N/c1-7-23-73(24-8-1)89(74-25-9-2-10-26-74)63-67-39-43-80(44-40-67)95(79-31-15-5-16-32-79)81-55-49-71(50-56-81)69-45-51-77(52-46-69)91-65-93-88-38-22-20-36-86(88)92(66-94(93)87-37-21-19-35-85(87)91)78-53-47-70(48-54-78)72-57-61-84(62-58-72)96(82-33-17-6-18-34-82)83-59-41-68(42-60-83)64-90(75-27-11-3-12-28-75)76-29-13-4-14-30-76/h1-66,95H. The summed E-state index contributed by atoms with van der Waals surface area (Å²) in [7, 11) is 0. The van der Waals surface area contributed by atoms with E-state index < -0.39 is 0 Å². The van der Waals surface area contributed by atoms with Gasteiger partial charge >= 0.3 is 0 Å². The third-order valence-electron chi connectivity index (χ3n) is 18.8. The van der Waals surface area contributed by atoms with Crippen molar-refractivity contribution in [2.45, 2.75) is 5.92 Å². The molecule has 96 heavy (non-hydrogen) atoms.